The second-order valence-electron chi connectivity index (χ2n) is 8.04. The number of rotatable bonds is 5. The largest absolute Gasteiger partial charge is 0.497 e. The molecule has 1 N–H and O–H groups in total. The van der Waals surface area contributed by atoms with Gasteiger partial charge in [0.25, 0.3) is 0 Å². The summed E-state index contributed by atoms with van der Waals surface area (Å²) in [4.78, 5) is 5.23. The van der Waals surface area contributed by atoms with Crippen molar-refractivity contribution in [3.63, 3.8) is 0 Å². The van der Waals surface area contributed by atoms with Gasteiger partial charge in [-0.15, -0.1) is 0 Å². The van der Waals surface area contributed by atoms with E-state index in [9.17, 15) is 0 Å². The molecule has 3 nitrogen and oxygen atoms in total. The van der Waals surface area contributed by atoms with Gasteiger partial charge in [0.2, 0.25) is 0 Å². The van der Waals surface area contributed by atoms with E-state index >= 15 is 0 Å². The van der Waals surface area contributed by atoms with Gasteiger partial charge >= 0.3 is 0 Å². The Morgan fingerprint density at radius 2 is 1.27 bits per heavy atom. The van der Waals surface area contributed by atoms with Gasteiger partial charge in [-0.05, 0) is 47.0 Å². The molecule has 0 aliphatic carbocycles. The molecule has 0 bridgehead atoms. The molecule has 0 fully saturated rings. The summed E-state index contributed by atoms with van der Waals surface area (Å²) in [6.45, 7) is 0. The lowest BCUT2D eigenvalue weighted by molar-refractivity contribution is 0.415. The van der Waals surface area contributed by atoms with Crippen LogP contribution in [0.3, 0.4) is 0 Å². The number of methoxy groups -OCH3 is 1. The van der Waals surface area contributed by atoms with Crippen LogP contribution < -0.4 is 10.1 Å². The summed E-state index contributed by atoms with van der Waals surface area (Å²) in [5.74, 6) is 0.834. The standard InChI is InChI=1S/C30H26N2O/c1-33-26-19-17-24(18-20-26)29-27(21-22-11-5-2-6-12-22)28(23-13-7-3-8-14-23)31-30(32-29)25-15-9-4-10-16-25/h2-21,28,30-31H,1H3/b27-21-. The second kappa shape index (κ2) is 9.68. The molecule has 0 amide bonds. The third-order valence-electron chi connectivity index (χ3n) is 5.90. The van der Waals surface area contributed by atoms with E-state index in [0.717, 1.165) is 33.7 Å². The Bertz CT molecular complexity index is 1250. The number of ether oxygens (including phenoxy) is 1. The van der Waals surface area contributed by atoms with E-state index in [1.807, 2.05) is 24.3 Å². The fraction of sp³-hybridized carbons (Fsp3) is 0.100. The molecule has 2 unspecified atom stereocenters. The highest BCUT2D eigenvalue weighted by atomic mass is 16.5. The summed E-state index contributed by atoms with van der Waals surface area (Å²) >= 11 is 0. The molecule has 0 radical (unpaired) electrons. The summed E-state index contributed by atoms with van der Waals surface area (Å²) in [6.07, 6.45) is 2.09. The van der Waals surface area contributed by atoms with E-state index in [0.29, 0.717) is 0 Å². The number of hydrogen-bond acceptors (Lipinski definition) is 3. The molecule has 0 saturated carbocycles. The van der Waals surface area contributed by atoms with E-state index in [-0.39, 0.29) is 12.2 Å². The van der Waals surface area contributed by atoms with Crippen LogP contribution in [0.4, 0.5) is 0 Å². The van der Waals surface area contributed by atoms with Crippen molar-refractivity contribution in [1.82, 2.24) is 5.32 Å². The van der Waals surface area contributed by atoms with E-state index in [1.54, 1.807) is 7.11 Å². The number of nitrogens with one attached hydrogen (secondary N) is 1. The molecule has 0 spiro atoms. The molecule has 0 aromatic heterocycles. The van der Waals surface area contributed by atoms with Gasteiger partial charge in [0.05, 0.1) is 18.9 Å². The highest BCUT2D eigenvalue weighted by Gasteiger charge is 2.30. The third kappa shape index (κ3) is 4.64. The molecule has 33 heavy (non-hydrogen) atoms. The zero-order valence-corrected chi connectivity index (χ0v) is 18.6. The Balaban J connectivity index is 1.70. The van der Waals surface area contributed by atoms with Crippen LogP contribution in [-0.2, 0) is 0 Å². The number of aliphatic imine (C=N–C) groups is 1. The molecule has 3 heteroatoms. The van der Waals surface area contributed by atoms with Gasteiger partial charge in [-0.1, -0.05) is 91.0 Å². The zero-order chi connectivity index (χ0) is 22.5. The topological polar surface area (TPSA) is 33.6 Å². The summed E-state index contributed by atoms with van der Waals surface area (Å²) in [6, 6.07) is 39.6. The fourth-order valence-electron chi connectivity index (χ4n) is 4.22. The van der Waals surface area contributed by atoms with Crippen molar-refractivity contribution in [2.24, 2.45) is 4.99 Å². The average molecular weight is 431 g/mol. The van der Waals surface area contributed by atoms with E-state index in [1.165, 1.54) is 5.56 Å². The minimum atomic E-state index is -0.151. The monoisotopic (exact) mass is 430 g/mol. The number of benzene rings is 4. The van der Waals surface area contributed by atoms with E-state index in [2.05, 4.69) is 102 Å². The van der Waals surface area contributed by atoms with E-state index < -0.39 is 0 Å². The number of nitrogens with zero attached hydrogens (tertiary/aromatic N) is 1. The summed E-state index contributed by atoms with van der Waals surface area (Å²) < 4.78 is 5.39. The molecule has 5 rings (SSSR count). The quantitative estimate of drug-likeness (QED) is 0.386. The fourth-order valence-corrected chi connectivity index (χ4v) is 4.22. The molecule has 2 atom stereocenters. The predicted molar refractivity (Wildman–Crippen MR) is 135 cm³/mol. The van der Waals surface area contributed by atoms with Gasteiger partial charge in [0, 0.05) is 11.1 Å². The number of hydrogen-bond donors (Lipinski definition) is 1. The summed E-state index contributed by atoms with van der Waals surface area (Å²) in [7, 11) is 1.69. The maximum absolute atomic E-state index is 5.39. The minimum Gasteiger partial charge on any atom is -0.497 e. The van der Waals surface area contributed by atoms with Crippen LogP contribution >= 0.6 is 0 Å². The maximum Gasteiger partial charge on any atom is 0.127 e. The second-order valence-corrected chi connectivity index (χ2v) is 8.04. The first-order chi connectivity index (χ1) is 16.3. The van der Waals surface area contributed by atoms with Gasteiger partial charge in [-0.2, -0.15) is 0 Å². The van der Waals surface area contributed by atoms with E-state index in [4.69, 9.17) is 9.73 Å². The van der Waals surface area contributed by atoms with Crippen LogP contribution in [0.5, 0.6) is 5.75 Å². The first kappa shape index (κ1) is 20.9. The first-order valence-electron chi connectivity index (χ1n) is 11.2. The maximum atomic E-state index is 5.39. The molecule has 0 saturated heterocycles. The molecule has 1 aliphatic rings. The minimum absolute atomic E-state index is 0.00814. The van der Waals surface area contributed by atoms with Crippen molar-refractivity contribution >= 4 is 11.8 Å². The van der Waals surface area contributed by atoms with Gasteiger partial charge < -0.3 is 4.74 Å². The van der Waals surface area contributed by atoms with Crippen molar-refractivity contribution in [3.8, 4) is 5.75 Å². The van der Waals surface area contributed by atoms with Crippen molar-refractivity contribution in [2.45, 2.75) is 12.2 Å². The van der Waals surface area contributed by atoms with Crippen LogP contribution in [0.25, 0.3) is 6.08 Å². The first-order valence-corrected chi connectivity index (χ1v) is 11.2. The van der Waals surface area contributed by atoms with Gasteiger partial charge in [-0.3, -0.25) is 10.3 Å². The Morgan fingerprint density at radius 3 is 1.88 bits per heavy atom. The van der Waals surface area contributed by atoms with Gasteiger partial charge in [0.15, 0.2) is 0 Å². The Labute approximate surface area is 195 Å². The summed E-state index contributed by atoms with van der Waals surface area (Å²) in [5, 5.41) is 3.80. The normalized spacial score (nSPS) is 19.2. The Morgan fingerprint density at radius 1 is 0.697 bits per heavy atom. The van der Waals surface area contributed by atoms with Crippen molar-refractivity contribution in [3.05, 3.63) is 143 Å². The van der Waals surface area contributed by atoms with Crippen molar-refractivity contribution in [2.75, 3.05) is 7.11 Å². The van der Waals surface area contributed by atoms with Crippen LogP contribution in [0.2, 0.25) is 0 Å². The van der Waals surface area contributed by atoms with Crippen LogP contribution in [0, 0.1) is 0 Å². The highest BCUT2D eigenvalue weighted by Crippen LogP contribution is 2.36. The molecule has 1 aliphatic heterocycles. The summed E-state index contributed by atoms with van der Waals surface area (Å²) in [5.41, 5.74) is 6.70. The van der Waals surface area contributed by atoms with Crippen molar-refractivity contribution < 1.29 is 4.74 Å². The average Bonchev–Trinajstić information content (AvgIpc) is 2.90. The highest BCUT2D eigenvalue weighted by molar-refractivity contribution is 6.16. The lowest BCUT2D eigenvalue weighted by Crippen LogP contribution is -2.35. The van der Waals surface area contributed by atoms with Crippen LogP contribution in [-0.4, -0.2) is 12.8 Å². The predicted octanol–water partition coefficient (Wildman–Crippen LogP) is 6.61. The molecule has 1 heterocycles. The SMILES string of the molecule is COc1ccc(C2=NC(c3ccccc3)NC(c3ccccc3)/C2=C/c2ccccc2)cc1. The third-order valence-corrected chi connectivity index (χ3v) is 5.90. The van der Waals surface area contributed by atoms with Crippen LogP contribution in [0.15, 0.2) is 126 Å². The molecular weight excluding hydrogens is 404 g/mol. The van der Waals surface area contributed by atoms with Crippen molar-refractivity contribution in [1.29, 1.82) is 0 Å². The Kier molecular flexibility index (Phi) is 6.14. The molecular formula is C30H26N2O. The zero-order valence-electron chi connectivity index (χ0n) is 18.6. The van der Waals surface area contributed by atoms with Crippen LogP contribution in [0.1, 0.15) is 34.5 Å². The lowest BCUT2D eigenvalue weighted by atomic mass is 9.87. The van der Waals surface area contributed by atoms with Gasteiger partial charge in [-0.25, -0.2) is 0 Å². The lowest BCUT2D eigenvalue weighted by Gasteiger charge is -2.33. The molecule has 162 valence electrons. The molecule has 4 aromatic rings. The molecule has 4 aromatic carbocycles. The smallest absolute Gasteiger partial charge is 0.127 e. The van der Waals surface area contributed by atoms with Gasteiger partial charge in [0.1, 0.15) is 11.9 Å². The Hall–Kier alpha value is -3.95.